The van der Waals surface area contributed by atoms with Crippen LogP contribution in [0.2, 0.25) is 0 Å². The second-order valence-corrected chi connectivity index (χ2v) is 26.0. The van der Waals surface area contributed by atoms with Crippen molar-refractivity contribution in [2.45, 2.75) is 158 Å². The molecule has 97 heavy (non-hydrogen) atoms. The number of phenols is 1. The normalized spacial score (nSPS) is 25.2. The molecular formula is C66H93N13O17S. The Morgan fingerprint density at radius 2 is 1.44 bits per heavy atom. The number of benzene rings is 3. The summed E-state index contributed by atoms with van der Waals surface area (Å²) in [6.07, 6.45) is -4.79. The summed E-state index contributed by atoms with van der Waals surface area (Å²) in [5, 5.41) is 97.1. The topological polar surface area (TPSA) is 441 Å². The van der Waals surface area contributed by atoms with E-state index in [-0.39, 0.29) is 68.8 Å². The molecule has 4 aliphatic rings. The molecule has 0 saturated carbocycles. The Balaban J connectivity index is 0.0000120. The smallest absolute Gasteiger partial charge is 0.251 e. The number of aromatic hydroxyl groups is 1. The summed E-state index contributed by atoms with van der Waals surface area (Å²) in [4.78, 5) is 111. The molecule has 6 heterocycles. The van der Waals surface area contributed by atoms with E-state index in [1.165, 1.54) is 48.6 Å². The van der Waals surface area contributed by atoms with Crippen molar-refractivity contribution in [3.8, 4) is 33.3 Å². The van der Waals surface area contributed by atoms with Gasteiger partial charge in [-0.2, -0.15) is 5.10 Å². The molecule has 4 saturated heterocycles. The Hall–Kier alpha value is -7.95. The van der Waals surface area contributed by atoms with Crippen molar-refractivity contribution < 1.29 is 83.5 Å². The summed E-state index contributed by atoms with van der Waals surface area (Å²) in [7, 11) is 1.72. The predicted molar refractivity (Wildman–Crippen MR) is 357 cm³/mol. The summed E-state index contributed by atoms with van der Waals surface area (Å²) >= 11 is 1.40. The van der Waals surface area contributed by atoms with Crippen LogP contribution in [0.4, 0.5) is 5.69 Å². The fraction of sp³-hybridized carbons (Fsp3) is 0.561. The number of unbranched alkanes of at least 4 members (excludes halogenated alkanes) is 2. The molecule has 0 unspecified atom stereocenters. The van der Waals surface area contributed by atoms with E-state index in [0.29, 0.717) is 16.2 Å². The monoisotopic (exact) mass is 1370 g/mol. The number of nitrogens with zero attached hydrogens (tertiary/aromatic N) is 6. The van der Waals surface area contributed by atoms with Crippen LogP contribution in [0, 0.1) is 5.92 Å². The summed E-state index contributed by atoms with van der Waals surface area (Å²) in [6, 6.07) is 7.52. The van der Waals surface area contributed by atoms with Crippen LogP contribution in [0.5, 0.6) is 11.5 Å². The molecule has 3 aromatic carbocycles. The van der Waals surface area contributed by atoms with E-state index in [9.17, 15) is 69.3 Å². The number of amides is 7. The number of piperidine rings is 1. The van der Waals surface area contributed by atoms with Crippen molar-refractivity contribution in [2.24, 2.45) is 17.4 Å². The highest BCUT2D eigenvalue weighted by Gasteiger charge is 2.50. The van der Waals surface area contributed by atoms with Gasteiger partial charge >= 0.3 is 0 Å². The van der Waals surface area contributed by atoms with Gasteiger partial charge in [-0.25, -0.2) is 9.50 Å². The van der Waals surface area contributed by atoms with Gasteiger partial charge in [-0.1, -0.05) is 43.9 Å². The third-order valence-corrected chi connectivity index (χ3v) is 18.8. The number of carbonyl (C=O) groups excluding carboxylic acids is 7. The van der Waals surface area contributed by atoms with E-state index in [0.717, 1.165) is 91.4 Å². The highest BCUT2D eigenvalue weighted by Crippen LogP contribution is 2.33. The third-order valence-electron chi connectivity index (χ3n) is 17.8. The number of carbonyl (C=O) groups is 7. The van der Waals surface area contributed by atoms with Gasteiger partial charge in [0.25, 0.3) is 5.91 Å². The molecule has 0 bridgehead atoms. The zero-order valence-corrected chi connectivity index (χ0v) is 54.7. The lowest BCUT2D eigenvalue weighted by Gasteiger charge is -2.34. The van der Waals surface area contributed by atoms with Crippen LogP contribution in [0.3, 0.4) is 0 Å². The minimum Gasteiger partial charge on any atom is -0.504 e. The van der Waals surface area contributed by atoms with Crippen molar-refractivity contribution >= 4 is 63.3 Å². The van der Waals surface area contributed by atoms with Gasteiger partial charge in [0.15, 0.2) is 11.5 Å². The molecule has 530 valence electrons. The molecule has 0 spiro atoms. The molecule has 13 atom stereocenters. The van der Waals surface area contributed by atoms with E-state index in [1.54, 1.807) is 30.0 Å². The number of rotatable bonds is 22. The van der Waals surface area contributed by atoms with E-state index in [1.807, 2.05) is 12.1 Å². The number of hydrogen-bond acceptors (Lipinski definition) is 23. The number of aliphatic hydroxyl groups is 6. The number of imidazole rings is 1. The van der Waals surface area contributed by atoms with Gasteiger partial charge in [0.2, 0.25) is 40.4 Å². The van der Waals surface area contributed by atoms with Gasteiger partial charge < -0.3 is 103 Å². The first-order valence-corrected chi connectivity index (χ1v) is 33.3. The molecule has 30 nitrogen and oxygen atoms in total. The maximum atomic E-state index is 14.7. The van der Waals surface area contributed by atoms with Crippen LogP contribution >= 0.6 is 11.3 Å². The quantitative estimate of drug-likeness (QED) is 0.0366. The lowest BCUT2D eigenvalue weighted by atomic mass is 9.98. The Kier molecular flexibility index (Phi) is 26.6. The molecule has 7 amide bonds. The van der Waals surface area contributed by atoms with Crippen LogP contribution in [0.15, 0.2) is 72.9 Å². The Morgan fingerprint density at radius 3 is 2.12 bits per heavy atom. The van der Waals surface area contributed by atoms with Crippen LogP contribution < -0.4 is 47.7 Å². The minimum absolute atomic E-state index is 0. The first kappa shape index (κ1) is 74.8. The highest BCUT2D eigenvalue weighted by atomic mass is 32.1. The van der Waals surface area contributed by atoms with Gasteiger partial charge in [-0.05, 0) is 106 Å². The highest BCUT2D eigenvalue weighted by molar-refractivity contribution is 7.19. The largest absolute Gasteiger partial charge is 0.504 e. The zero-order valence-electron chi connectivity index (χ0n) is 53.9. The fourth-order valence-electron chi connectivity index (χ4n) is 12.4. The maximum absolute atomic E-state index is 14.7. The second-order valence-electron chi connectivity index (χ2n) is 25.0. The van der Waals surface area contributed by atoms with E-state index in [2.05, 4.69) is 43.6 Å². The average molecular weight is 1370 g/mol. The number of nitrogens with two attached hydrogens (primary N) is 2. The molecule has 0 aliphatic carbocycles. The fourth-order valence-corrected chi connectivity index (χ4v) is 13.3. The number of fused-ring (bicyclic) bond motifs is 3. The van der Waals surface area contributed by atoms with Crippen molar-refractivity contribution in [3.05, 3.63) is 84.1 Å². The van der Waals surface area contributed by atoms with Gasteiger partial charge in [-0.15, -0.1) is 0 Å². The average Bonchev–Trinajstić information content (AvgIpc) is 1.66. The molecule has 2 aromatic heterocycles. The van der Waals surface area contributed by atoms with Crippen molar-refractivity contribution in [1.82, 2.24) is 51.0 Å². The molecule has 9 rings (SSSR count). The summed E-state index contributed by atoms with van der Waals surface area (Å²) in [5.74, 6) is -8.66. The van der Waals surface area contributed by atoms with Crippen LogP contribution in [0.25, 0.3) is 26.8 Å². The summed E-state index contributed by atoms with van der Waals surface area (Å²) in [5.41, 5.74) is 14.9. The SMILES string of the molecule is C.COCCCCCOC1CCN(c2ccc(-c3nn4cc(-c5ccc(C(=O)N[C@H]6C[C@@H](O)CNC(=O)[C@@H]7[C@@H](O)[C@@H](C)CN7C(=O)[C@H]([C@H](O)CCN)NC(=O)[C@H]([C@H](O)Cc7ccc(O)c(OCCN)c7)NC(=O)[C@@H]7C[C@@H](O)CN7C(=O)[C@H]([C@@H](C)O)NC6=O)cc5)nc4s3)cc2)CC1. The number of ether oxygens (including phenoxy) is 3. The molecular weight excluding hydrogens is 1280 g/mol. The first-order chi connectivity index (χ1) is 46.0. The molecule has 5 aromatic rings. The van der Waals surface area contributed by atoms with Crippen molar-refractivity contribution in [1.29, 1.82) is 0 Å². The second kappa shape index (κ2) is 34.5. The number of hydrogen-bond donors (Lipinski definition) is 14. The number of aromatic nitrogens is 3. The van der Waals surface area contributed by atoms with Gasteiger partial charge in [0, 0.05) is 107 Å². The summed E-state index contributed by atoms with van der Waals surface area (Å²) in [6.45, 7) is 4.40. The van der Waals surface area contributed by atoms with Crippen LogP contribution in [-0.4, -0.2) is 253 Å². The molecule has 0 radical (unpaired) electrons. The Bertz CT molecular complexity index is 3450. The summed E-state index contributed by atoms with van der Waals surface area (Å²) < 4.78 is 18.5. The van der Waals surface area contributed by atoms with Gasteiger partial charge in [0.05, 0.1) is 54.6 Å². The van der Waals surface area contributed by atoms with E-state index in [4.69, 9.17) is 35.8 Å². The van der Waals surface area contributed by atoms with Gasteiger partial charge in [0.1, 0.15) is 47.9 Å². The van der Waals surface area contributed by atoms with Crippen molar-refractivity contribution in [3.63, 3.8) is 0 Å². The number of methoxy groups -OCH3 is 1. The Morgan fingerprint density at radius 1 is 0.763 bits per heavy atom. The number of nitrogens with one attached hydrogen (secondary N) is 5. The number of phenolic OH excluding ortho intramolecular Hbond substituents is 1. The zero-order chi connectivity index (χ0) is 68.9. The predicted octanol–water partition coefficient (Wildman–Crippen LogP) is -1.10. The molecule has 16 N–H and O–H groups in total. The first-order valence-electron chi connectivity index (χ1n) is 32.5. The molecule has 31 heteroatoms. The van der Waals surface area contributed by atoms with Crippen molar-refractivity contribution in [2.75, 3.05) is 77.6 Å². The minimum atomic E-state index is -2.04. The van der Waals surface area contributed by atoms with Crippen LogP contribution in [-0.2, 0) is 44.7 Å². The Labute approximate surface area is 566 Å². The van der Waals surface area contributed by atoms with Gasteiger partial charge in [-0.3, -0.25) is 33.6 Å². The third kappa shape index (κ3) is 18.6. The maximum Gasteiger partial charge on any atom is 0.251 e. The lowest BCUT2D eigenvalue weighted by Crippen LogP contribution is -2.64. The molecule has 4 fully saturated rings. The number of anilines is 1. The standard InChI is InChI=1S/C65H89N13O17S.CH4/c1-35-32-77-55(56(35)85)61(90)68-31-42(80)29-45(69-57(86)39-10-8-38(9-11-39)46-34-78-65(70-46)96-62(74-78)40-12-14-41(15-13-40)75-22-18-44(19-23-75)94-25-6-4-5-24-93-3)58(87)71-52(36(2)79)63(91)76-33-43(81)30-47(76)59(88)72-53(60(89)73-54(64(77)92)49(83)17-20-66)50(84)27-37-7-16-48(82)51(28-37)95-26-21-67;/h7-16,28,34-36,42-45,47,49-50,52-56,79-85H,4-6,17-27,29-33,66-67H2,1-3H3,(H,68,90)(H,69,86)(H,71,87)(H,72,88)(H,73,89);1H4/t35-,36+,42+,43+,45-,47-,49+,50+,52-,53-,54-,55-,56-;/m0./s1. The lowest BCUT2D eigenvalue weighted by molar-refractivity contribution is -0.147. The number of β-amino-alcohol motifs (C(OH)–C–C–N with tert-alkyl or cyclic N) is 1. The molecule has 4 aliphatic heterocycles. The van der Waals surface area contributed by atoms with E-state index >= 15 is 0 Å². The number of aliphatic hydroxyl groups excluding tert-OH is 6. The van der Waals surface area contributed by atoms with E-state index < -0.39 is 152 Å². The van der Waals surface area contributed by atoms with Crippen LogP contribution in [0.1, 0.15) is 88.6 Å².